The van der Waals surface area contributed by atoms with E-state index in [1.165, 1.54) is 5.56 Å². The van der Waals surface area contributed by atoms with E-state index in [0.29, 0.717) is 6.61 Å². The van der Waals surface area contributed by atoms with Crippen molar-refractivity contribution in [2.45, 2.75) is 44.3 Å². The van der Waals surface area contributed by atoms with E-state index < -0.39 is 0 Å². The lowest BCUT2D eigenvalue weighted by molar-refractivity contribution is -0.151. The standard InChI is InChI=1S/C18H20O5/c1-2-20-17(19)15-11-5-3-4-6-18(11)12-8-14-13(21-9-22-14)7-10(12)16(15)23-18/h7-8,11,15-16H,2-6,9H2,1H3/t11-,15-,16-,18-/m0/s1. The van der Waals surface area contributed by atoms with E-state index in [0.717, 1.165) is 42.7 Å². The third kappa shape index (κ3) is 1.63. The van der Waals surface area contributed by atoms with Crippen LogP contribution in [0.25, 0.3) is 0 Å². The molecular formula is C18H20O5. The number of benzene rings is 1. The zero-order chi connectivity index (χ0) is 15.6. The lowest BCUT2D eigenvalue weighted by Gasteiger charge is -2.40. The SMILES string of the molecule is CCOC(=O)[C@@H]1[C@H]2O[C@]3(CCCC[C@@H]13)c1cc3c(cc12)OCO3. The molecule has 1 saturated heterocycles. The van der Waals surface area contributed by atoms with E-state index in [-0.39, 0.29) is 36.3 Å². The first-order valence-corrected chi connectivity index (χ1v) is 8.53. The van der Waals surface area contributed by atoms with Crippen LogP contribution < -0.4 is 9.47 Å². The summed E-state index contributed by atoms with van der Waals surface area (Å²) in [6, 6.07) is 4.09. The second-order valence-electron chi connectivity index (χ2n) is 6.85. The Morgan fingerprint density at radius 3 is 2.96 bits per heavy atom. The fourth-order valence-electron chi connectivity index (χ4n) is 5.04. The normalized spacial score (nSPS) is 35.8. The minimum atomic E-state index is -0.337. The summed E-state index contributed by atoms with van der Waals surface area (Å²) in [5.74, 6) is 1.46. The van der Waals surface area contributed by atoms with Crippen molar-refractivity contribution in [3.8, 4) is 11.5 Å². The van der Waals surface area contributed by atoms with E-state index >= 15 is 0 Å². The predicted octanol–water partition coefficient (Wildman–Crippen LogP) is 3.07. The Morgan fingerprint density at radius 2 is 2.13 bits per heavy atom. The third-order valence-electron chi connectivity index (χ3n) is 5.88. The first kappa shape index (κ1) is 13.7. The lowest BCUT2D eigenvalue weighted by Crippen LogP contribution is -2.41. The van der Waals surface area contributed by atoms with Crippen LogP contribution in [0, 0.1) is 11.8 Å². The largest absolute Gasteiger partial charge is 0.466 e. The Balaban J connectivity index is 1.65. The van der Waals surface area contributed by atoms with Gasteiger partial charge in [0, 0.05) is 5.92 Å². The van der Waals surface area contributed by atoms with Crippen LogP contribution in [0.2, 0.25) is 0 Å². The lowest BCUT2D eigenvalue weighted by atomic mass is 9.62. The van der Waals surface area contributed by atoms with Gasteiger partial charge in [0.25, 0.3) is 0 Å². The fraction of sp³-hybridized carbons (Fsp3) is 0.611. The molecule has 0 aromatic heterocycles. The first-order chi connectivity index (χ1) is 11.2. The van der Waals surface area contributed by atoms with Crippen molar-refractivity contribution in [2.75, 3.05) is 13.4 Å². The molecule has 1 saturated carbocycles. The van der Waals surface area contributed by atoms with Gasteiger partial charge in [-0.3, -0.25) is 4.79 Å². The van der Waals surface area contributed by atoms with Gasteiger partial charge in [-0.1, -0.05) is 12.8 Å². The topological polar surface area (TPSA) is 54.0 Å². The van der Waals surface area contributed by atoms with Gasteiger partial charge in [0.05, 0.1) is 24.2 Å². The molecule has 5 nitrogen and oxygen atoms in total. The summed E-state index contributed by atoms with van der Waals surface area (Å²) in [6.45, 7) is 2.53. The van der Waals surface area contributed by atoms with Crippen molar-refractivity contribution < 1.29 is 23.7 Å². The second kappa shape index (κ2) is 4.63. The summed E-state index contributed by atoms with van der Waals surface area (Å²) < 4.78 is 22.9. The molecule has 2 bridgehead atoms. The molecule has 23 heavy (non-hydrogen) atoms. The average molecular weight is 316 g/mol. The molecule has 3 aliphatic heterocycles. The first-order valence-electron chi connectivity index (χ1n) is 8.53. The summed E-state index contributed by atoms with van der Waals surface area (Å²) in [4.78, 5) is 12.6. The fourth-order valence-corrected chi connectivity index (χ4v) is 5.04. The molecule has 4 atom stereocenters. The zero-order valence-corrected chi connectivity index (χ0v) is 13.2. The minimum absolute atomic E-state index is 0.116. The Bertz CT molecular complexity index is 684. The molecule has 1 aromatic rings. The summed E-state index contributed by atoms with van der Waals surface area (Å²) in [6.07, 6.45) is 4.07. The number of esters is 1. The molecule has 0 amide bonds. The highest BCUT2D eigenvalue weighted by atomic mass is 16.7. The quantitative estimate of drug-likeness (QED) is 0.785. The van der Waals surface area contributed by atoms with Crippen LogP contribution in [-0.2, 0) is 19.9 Å². The van der Waals surface area contributed by atoms with Gasteiger partial charge in [-0.15, -0.1) is 0 Å². The minimum Gasteiger partial charge on any atom is -0.466 e. The molecule has 1 spiro atoms. The molecule has 5 heteroatoms. The number of carbonyl (C=O) groups is 1. The zero-order valence-electron chi connectivity index (χ0n) is 13.2. The van der Waals surface area contributed by atoms with Crippen molar-refractivity contribution in [3.05, 3.63) is 23.3 Å². The molecule has 122 valence electrons. The number of hydrogen-bond acceptors (Lipinski definition) is 5. The highest BCUT2D eigenvalue weighted by Gasteiger charge is 2.65. The monoisotopic (exact) mass is 316 g/mol. The highest BCUT2D eigenvalue weighted by Crippen LogP contribution is 2.66. The van der Waals surface area contributed by atoms with Crippen LogP contribution in [-0.4, -0.2) is 19.4 Å². The molecule has 5 rings (SSSR count). The van der Waals surface area contributed by atoms with Crippen LogP contribution in [0.15, 0.2) is 12.1 Å². The number of carbonyl (C=O) groups excluding carboxylic acids is 1. The second-order valence-corrected chi connectivity index (χ2v) is 6.85. The maximum Gasteiger partial charge on any atom is 0.312 e. The van der Waals surface area contributed by atoms with Gasteiger partial charge in [0.2, 0.25) is 6.79 Å². The van der Waals surface area contributed by atoms with Crippen molar-refractivity contribution in [2.24, 2.45) is 11.8 Å². The summed E-state index contributed by atoms with van der Waals surface area (Å²) >= 11 is 0. The van der Waals surface area contributed by atoms with Gasteiger partial charge < -0.3 is 18.9 Å². The number of rotatable bonds is 2. The van der Waals surface area contributed by atoms with Crippen molar-refractivity contribution >= 4 is 5.97 Å². The molecule has 0 unspecified atom stereocenters. The predicted molar refractivity (Wildman–Crippen MR) is 80.2 cm³/mol. The molecule has 2 fully saturated rings. The summed E-state index contributed by atoms with van der Waals surface area (Å²) in [5, 5.41) is 0. The van der Waals surface area contributed by atoms with E-state index in [1.54, 1.807) is 0 Å². The number of hydrogen-bond donors (Lipinski definition) is 0. The van der Waals surface area contributed by atoms with E-state index in [4.69, 9.17) is 18.9 Å². The molecule has 0 N–H and O–H groups in total. The Morgan fingerprint density at radius 1 is 1.30 bits per heavy atom. The molecule has 1 aromatic carbocycles. The van der Waals surface area contributed by atoms with Gasteiger partial charge in [-0.25, -0.2) is 0 Å². The van der Waals surface area contributed by atoms with E-state index in [9.17, 15) is 4.79 Å². The summed E-state index contributed by atoms with van der Waals surface area (Å²) in [7, 11) is 0. The summed E-state index contributed by atoms with van der Waals surface area (Å²) in [5.41, 5.74) is 1.96. The van der Waals surface area contributed by atoms with Crippen molar-refractivity contribution in [1.82, 2.24) is 0 Å². The Labute approximate surface area is 134 Å². The molecular weight excluding hydrogens is 296 g/mol. The maximum atomic E-state index is 12.6. The van der Waals surface area contributed by atoms with Gasteiger partial charge in [0.1, 0.15) is 0 Å². The van der Waals surface area contributed by atoms with Gasteiger partial charge >= 0.3 is 5.97 Å². The van der Waals surface area contributed by atoms with Gasteiger partial charge in [-0.2, -0.15) is 0 Å². The Hall–Kier alpha value is -1.75. The van der Waals surface area contributed by atoms with Crippen molar-refractivity contribution in [1.29, 1.82) is 0 Å². The van der Waals surface area contributed by atoms with Crippen LogP contribution in [0.3, 0.4) is 0 Å². The molecule has 0 radical (unpaired) electrons. The third-order valence-corrected chi connectivity index (χ3v) is 5.88. The Kier molecular flexibility index (Phi) is 2.75. The van der Waals surface area contributed by atoms with Crippen LogP contribution in [0.1, 0.15) is 49.8 Å². The number of ether oxygens (including phenoxy) is 4. The number of fused-ring (bicyclic) bond motifs is 4. The molecule has 3 heterocycles. The average Bonchev–Trinajstić information content (AvgIpc) is 3.22. The maximum absolute atomic E-state index is 12.6. The van der Waals surface area contributed by atoms with E-state index in [2.05, 4.69) is 6.07 Å². The smallest absolute Gasteiger partial charge is 0.312 e. The van der Waals surface area contributed by atoms with Crippen LogP contribution >= 0.6 is 0 Å². The van der Waals surface area contributed by atoms with Gasteiger partial charge in [-0.05, 0) is 43.0 Å². The van der Waals surface area contributed by atoms with Crippen molar-refractivity contribution in [3.63, 3.8) is 0 Å². The van der Waals surface area contributed by atoms with E-state index in [1.807, 2.05) is 13.0 Å². The highest BCUT2D eigenvalue weighted by molar-refractivity contribution is 5.76. The molecule has 1 aliphatic carbocycles. The molecule has 4 aliphatic rings. The van der Waals surface area contributed by atoms with Gasteiger partial charge in [0.15, 0.2) is 11.5 Å². The van der Waals surface area contributed by atoms with Crippen LogP contribution in [0.4, 0.5) is 0 Å². The van der Waals surface area contributed by atoms with Crippen LogP contribution in [0.5, 0.6) is 11.5 Å².